The van der Waals surface area contributed by atoms with Crippen LogP contribution in [0.2, 0.25) is 0 Å². The Morgan fingerprint density at radius 2 is 1.59 bits per heavy atom. The van der Waals surface area contributed by atoms with E-state index in [1.165, 1.54) is 38.5 Å². The molecule has 0 aliphatic heterocycles. The van der Waals surface area contributed by atoms with Gasteiger partial charge in [0.25, 0.3) is 0 Å². The first-order chi connectivity index (χ1) is 10.6. The second-order valence-corrected chi connectivity index (χ2v) is 5.38. The van der Waals surface area contributed by atoms with Crippen molar-refractivity contribution in [3.63, 3.8) is 0 Å². The van der Waals surface area contributed by atoms with E-state index < -0.39 is 5.97 Å². The molecule has 0 bridgehead atoms. The summed E-state index contributed by atoms with van der Waals surface area (Å²) in [6.07, 6.45) is 10.6. The van der Waals surface area contributed by atoms with Gasteiger partial charge in [-0.15, -0.1) is 0 Å². The Labute approximate surface area is 134 Å². The fourth-order valence-corrected chi connectivity index (χ4v) is 2.14. The molecule has 22 heavy (non-hydrogen) atoms. The number of hydrogen-bond donors (Lipinski definition) is 2. The molecule has 1 rings (SSSR count). The van der Waals surface area contributed by atoms with E-state index in [4.69, 9.17) is 5.11 Å². The summed E-state index contributed by atoms with van der Waals surface area (Å²) in [6, 6.07) is 9.98. The lowest BCUT2D eigenvalue weighted by molar-refractivity contribution is -0.131. The smallest absolute Gasteiger partial charge is 0.327 e. The number of carboxylic acid groups (broad SMARTS) is 1. The fourth-order valence-electron chi connectivity index (χ4n) is 2.14. The minimum Gasteiger partial charge on any atom is -0.478 e. The molecule has 1 aromatic carbocycles. The average molecular weight is 306 g/mol. The van der Waals surface area contributed by atoms with Gasteiger partial charge in [0.2, 0.25) is 0 Å². The first-order valence-electron chi connectivity index (χ1n) is 8.20. The average Bonchev–Trinajstić information content (AvgIpc) is 2.55. The highest BCUT2D eigenvalue weighted by Crippen LogP contribution is 2.19. The zero-order valence-corrected chi connectivity index (χ0v) is 13.7. The van der Waals surface area contributed by atoms with Crippen LogP contribution in [0.1, 0.15) is 70.0 Å². The SMILES string of the molecule is C=CC(=O)O.CCCCCCCCCC(O)c1ccccc1. The third-order valence-corrected chi connectivity index (χ3v) is 3.44. The quantitative estimate of drug-likeness (QED) is 0.466. The maximum Gasteiger partial charge on any atom is 0.327 e. The van der Waals surface area contributed by atoms with Crippen molar-refractivity contribution in [2.24, 2.45) is 0 Å². The van der Waals surface area contributed by atoms with E-state index in [0.717, 1.165) is 24.5 Å². The summed E-state index contributed by atoms with van der Waals surface area (Å²) in [7, 11) is 0. The third kappa shape index (κ3) is 12.2. The number of benzene rings is 1. The lowest BCUT2D eigenvalue weighted by Crippen LogP contribution is -1.96. The summed E-state index contributed by atoms with van der Waals surface area (Å²) in [5.74, 6) is -0.981. The van der Waals surface area contributed by atoms with Crippen LogP contribution in [0, 0.1) is 0 Å². The van der Waals surface area contributed by atoms with E-state index in [-0.39, 0.29) is 6.10 Å². The van der Waals surface area contributed by atoms with Crippen molar-refractivity contribution < 1.29 is 15.0 Å². The van der Waals surface area contributed by atoms with Crippen LogP contribution in [-0.2, 0) is 4.79 Å². The van der Waals surface area contributed by atoms with E-state index >= 15 is 0 Å². The predicted molar refractivity (Wildman–Crippen MR) is 91.8 cm³/mol. The van der Waals surface area contributed by atoms with E-state index in [1.807, 2.05) is 30.3 Å². The zero-order valence-electron chi connectivity index (χ0n) is 13.7. The number of carbonyl (C=O) groups is 1. The molecule has 1 atom stereocenters. The molecule has 0 amide bonds. The molecule has 0 radical (unpaired) electrons. The van der Waals surface area contributed by atoms with Crippen molar-refractivity contribution in [1.82, 2.24) is 0 Å². The Bertz CT molecular complexity index is 387. The van der Waals surface area contributed by atoms with Gasteiger partial charge in [-0.1, -0.05) is 88.8 Å². The molecule has 1 aromatic rings. The largest absolute Gasteiger partial charge is 0.478 e. The second kappa shape index (κ2) is 14.3. The van der Waals surface area contributed by atoms with E-state index in [1.54, 1.807) is 0 Å². The van der Waals surface area contributed by atoms with Crippen molar-refractivity contribution in [3.8, 4) is 0 Å². The van der Waals surface area contributed by atoms with Gasteiger partial charge in [-0.3, -0.25) is 0 Å². The molecule has 3 heteroatoms. The standard InChI is InChI=1S/C16H26O.C3H4O2/c1-2-3-4-5-6-7-11-14-16(17)15-12-9-8-10-13-15;1-2-3(4)5/h8-10,12-13,16-17H,2-7,11,14H2,1H3;2H,1H2,(H,4,5). The van der Waals surface area contributed by atoms with Gasteiger partial charge in [-0.25, -0.2) is 4.79 Å². The van der Waals surface area contributed by atoms with Crippen molar-refractivity contribution in [3.05, 3.63) is 48.6 Å². The van der Waals surface area contributed by atoms with Crippen LogP contribution < -0.4 is 0 Å². The molecule has 0 aliphatic rings. The highest BCUT2D eigenvalue weighted by Gasteiger charge is 2.05. The number of aliphatic hydroxyl groups excluding tert-OH is 1. The number of unbranched alkanes of at least 4 members (excludes halogenated alkanes) is 6. The molecule has 3 nitrogen and oxygen atoms in total. The van der Waals surface area contributed by atoms with Crippen LogP contribution in [0.4, 0.5) is 0 Å². The molecule has 0 heterocycles. The molecule has 0 saturated carbocycles. The minimum absolute atomic E-state index is 0.271. The number of rotatable bonds is 10. The van der Waals surface area contributed by atoms with Gasteiger partial charge in [-0.05, 0) is 12.0 Å². The maximum absolute atomic E-state index is 9.96. The zero-order chi connectivity index (χ0) is 16.6. The van der Waals surface area contributed by atoms with Crippen LogP contribution in [0.25, 0.3) is 0 Å². The summed E-state index contributed by atoms with van der Waals surface area (Å²) in [6.45, 7) is 5.21. The van der Waals surface area contributed by atoms with Crippen molar-refractivity contribution in [2.75, 3.05) is 0 Å². The Morgan fingerprint density at radius 1 is 1.09 bits per heavy atom. The van der Waals surface area contributed by atoms with Gasteiger partial charge in [-0.2, -0.15) is 0 Å². The maximum atomic E-state index is 9.96. The number of carboxylic acids is 1. The van der Waals surface area contributed by atoms with Gasteiger partial charge in [0.05, 0.1) is 6.10 Å². The Morgan fingerprint density at radius 3 is 2.09 bits per heavy atom. The molecular weight excluding hydrogens is 276 g/mol. The normalized spacial score (nSPS) is 11.2. The molecule has 0 aromatic heterocycles. The van der Waals surface area contributed by atoms with Crippen LogP contribution >= 0.6 is 0 Å². The van der Waals surface area contributed by atoms with Gasteiger partial charge in [0, 0.05) is 6.08 Å². The van der Waals surface area contributed by atoms with E-state index in [9.17, 15) is 9.90 Å². The molecule has 0 aliphatic carbocycles. The predicted octanol–water partition coefficient (Wildman–Crippen LogP) is 5.12. The van der Waals surface area contributed by atoms with Crippen molar-refractivity contribution >= 4 is 5.97 Å². The molecule has 0 spiro atoms. The highest BCUT2D eigenvalue weighted by atomic mass is 16.4. The molecule has 0 fully saturated rings. The van der Waals surface area contributed by atoms with Gasteiger partial charge in [0.15, 0.2) is 0 Å². The number of aliphatic carboxylic acids is 1. The van der Waals surface area contributed by atoms with Crippen molar-refractivity contribution in [1.29, 1.82) is 0 Å². The summed E-state index contributed by atoms with van der Waals surface area (Å²) >= 11 is 0. The molecular formula is C19H30O3. The summed E-state index contributed by atoms with van der Waals surface area (Å²) in [4.78, 5) is 9.25. The third-order valence-electron chi connectivity index (χ3n) is 3.44. The summed E-state index contributed by atoms with van der Waals surface area (Å²) < 4.78 is 0. The molecule has 0 saturated heterocycles. The van der Waals surface area contributed by atoms with Crippen LogP contribution in [0.15, 0.2) is 43.0 Å². The van der Waals surface area contributed by atoms with Crippen LogP contribution in [-0.4, -0.2) is 16.2 Å². The lowest BCUT2D eigenvalue weighted by atomic mass is 10.0. The minimum atomic E-state index is -0.981. The van der Waals surface area contributed by atoms with Gasteiger partial charge < -0.3 is 10.2 Å². The van der Waals surface area contributed by atoms with Crippen LogP contribution in [0.5, 0.6) is 0 Å². The van der Waals surface area contributed by atoms with Crippen LogP contribution in [0.3, 0.4) is 0 Å². The summed E-state index contributed by atoms with van der Waals surface area (Å²) in [5, 5.41) is 17.6. The monoisotopic (exact) mass is 306 g/mol. The topological polar surface area (TPSA) is 57.5 Å². The number of hydrogen-bond acceptors (Lipinski definition) is 2. The molecule has 1 unspecified atom stereocenters. The first-order valence-corrected chi connectivity index (χ1v) is 8.20. The van der Waals surface area contributed by atoms with Gasteiger partial charge >= 0.3 is 5.97 Å². The Kier molecular flexibility index (Phi) is 13.3. The molecule has 2 N–H and O–H groups in total. The Hall–Kier alpha value is -1.61. The fraction of sp³-hybridized carbons (Fsp3) is 0.526. The van der Waals surface area contributed by atoms with Crippen molar-refractivity contribution in [2.45, 2.75) is 64.4 Å². The number of aliphatic hydroxyl groups is 1. The first kappa shape index (κ1) is 20.4. The van der Waals surface area contributed by atoms with E-state index in [2.05, 4.69) is 13.5 Å². The molecule has 124 valence electrons. The van der Waals surface area contributed by atoms with E-state index in [0.29, 0.717) is 0 Å². The van der Waals surface area contributed by atoms with Gasteiger partial charge in [0.1, 0.15) is 0 Å². The lowest BCUT2D eigenvalue weighted by Gasteiger charge is -2.10. The summed E-state index contributed by atoms with van der Waals surface area (Å²) in [5.41, 5.74) is 1.05. The Balaban J connectivity index is 0.000000763. The highest BCUT2D eigenvalue weighted by molar-refractivity contribution is 5.78. The second-order valence-electron chi connectivity index (χ2n) is 5.38.